The fourth-order valence-corrected chi connectivity index (χ4v) is 4.77. The van der Waals surface area contributed by atoms with E-state index in [1.807, 2.05) is 24.3 Å². The highest BCUT2D eigenvalue weighted by molar-refractivity contribution is 6.35. The molecule has 41 heavy (non-hydrogen) atoms. The first-order valence-corrected chi connectivity index (χ1v) is 12.4. The van der Waals surface area contributed by atoms with E-state index in [9.17, 15) is 22.8 Å². The SMILES string of the molecule is COc1cc(NC(=O)c2cc(C(F)(F)F)c3cc[nH]c3c2)cc(Nc2ccc3c(c2)NC(=O)/C3=C\c2ccc[nH]2)c1. The summed E-state index contributed by atoms with van der Waals surface area (Å²) in [5, 5.41) is 8.74. The van der Waals surface area contributed by atoms with Crippen LogP contribution in [0.5, 0.6) is 5.75 Å². The van der Waals surface area contributed by atoms with Crippen molar-refractivity contribution in [3.63, 3.8) is 0 Å². The summed E-state index contributed by atoms with van der Waals surface area (Å²) < 4.78 is 46.3. The molecule has 0 saturated heterocycles. The first kappa shape index (κ1) is 25.8. The third kappa shape index (κ3) is 5.12. The van der Waals surface area contributed by atoms with Gasteiger partial charge in [0, 0.05) is 69.3 Å². The number of H-pyrrole nitrogens is 2. The molecule has 2 amide bonds. The van der Waals surface area contributed by atoms with Gasteiger partial charge < -0.3 is 30.7 Å². The Labute approximate surface area is 231 Å². The number of benzene rings is 3. The molecule has 0 fully saturated rings. The zero-order valence-corrected chi connectivity index (χ0v) is 21.4. The number of ether oxygens (including phenoxy) is 1. The molecule has 6 rings (SSSR count). The first-order chi connectivity index (χ1) is 19.7. The van der Waals surface area contributed by atoms with Gasteiger partial charge in [0.1, 0.15) is 5.75 Å². The molecule has 3 aromatic carbocycles. The van der Waals surface area contributed by atoms with Crippen molar-refractivity contribution in [3.05, 3.63) is 102 Å². The van der Waals surface area contributed by atoms with E-state index in [1.54, 1.807) is 36.5 Å². The number of anilines is 4. The maximum atomic E-state index is 13.6. The van der Waals surface area contributed by atoms with Crippen LogP contribution in [0.1, 0.15) is 27.2 Å². The Morgan fingerprint density at radius 3 is 2.51 bits per heavy atom. The Morgan fingerprint density at radius 2 is 1.76 bits per heavy atom. The standard InChI is InChI=1S/C30H22F3N5O3/c1-41-21-12-19(36-18-4-5-22-24(14-17-3-2-7-34-17)29(40)38-27(22)15-18)11-20(13-21)37-28(39)16-9-25(30(31,32)33)23-6-8-35-26(23)10-16/h2-15,34-36H,1H3,(H,37,39)(H,38,40)/b24-14-. The van der Waals surface area contributed by atoms with Gasteiger partial charge >= 0.3 is 6.18 Å². The summed E-state index contributed by atoms with van der Waals surface area (Å²) in [5.74, 6) is -0.524. The number of methoxy groups -OCH3 is 1. The molecular weight excluding hydrogens is 535 g/mol. The topological polar surface area (TPSA) is 111 Å². The van der Waals surface area contributed by atoms with E-state index in [0.717, 1.165) is 17.3 Å². The van der Waals surface area contributed by atoms with Crippen molar-refractivity contribution in [1.29, 1.82) is 0 Å². The van der Waals surface area contributed by atoms with Crippen molar-refractivity contribution >= 4 is 57.1 Å². The summed E-state index contributed by atoms with van der Waals surface area (Å²) in [4.78, 5) is 31.4. The molecule has 3 heterocycles. The van der Waals surface area contributed by atoms with Crippen LogP contribution in [0.25, 0.3) is 22.6 Å². The van der Waals surface area contributed by atoms with Gasteiger partial charge in [0.2, 0.25) is 0 Å². The average Bonchev–Trinajstić information content (AvgIpc) is 3.68. The van der Waals surface area contributed by atoms with Crippen LogP contribution in [0.15, 0.2) is 79.1 Å². The number of alkyl halides is 3. The number of carbonyl (C=O) groups is 2. The maximum Gasteiger partial charge on any atom is 0.417 e. The first-order valence-electron chi connectivity index (χ1n) is 12.4. The van der Waals surface area contributed by atoms with Gasteiger partial charge in [0.15, 0.2) is 0 Å². The van der Waals surface area contributed by atoms with Gasteiger partial charge in [0.25, 0.3) is 11.8 Å². The molecule has 5 N–H and O–H groups in total. The van der Waals surface area contributed by atoms with Gasteiger partial charge in [-0.25, -0.2) is 0 Å². The molecule has 2 aromatic heterocycles. The summed E-state index contributed by atoms with van der Waals surface area (Å²) >= 11 is 0. The van der Waals surface area contributed by atoms with E-state index in [1.165, 1.54) is 25.4 Å². The lowest BCUT2D eigenvalue weighted by Crippen LogP contribution is -2.14. The summed E-state index contributed by atoms with van der Waals surface area (Å²) in [6.45, 7) is 0. The van der Waals surface area contributed by atoms with E-state index in [-0.39, 0.29) is 22.4 Å². The maximum absolute atomic E-state index is 13.6. The third-order valence-electron chi connectivity index (χ3n) is 6.65. The molecule has 206 valence electrons. The highest BCUT2D eigenvalue weighted by Gasteiger charge is 2.34. The molecule has 11 heteroatoms. The molecule has 1 aliphatic rings. The van der Waals surface area contributed by atoms with Gasteiger partial charge in [-0.1, -0.05) is 6.07 Å². The number of carbonyl (C=O) groups excluding carboxylic acids is 2. The van der Waals surface area contributed by atoms with Crippen LogP contribution in [0.3, 0.4) is 0 Å². The van der Waals surface area contributed by atoms with Crippen LogP contribution < -0.4 is 20.7 Å². The Balaban J connectivity index is 1.26. The largest absolute Gasteiger partial charge is 0.497 e. The molecule has 0 aliphatic carbocycles. The Kier molecular flexibility index (Phi) is 6.26. The molecule has 0 atom stereocenters. The lowest BCUT2D eigenvalue weighted by atomic mass is 10.0. The minimum absolute atomic E-state index is 0.0145. The predicted molar refractivity (Wildman–Crippen MR) is 151 cm³/mol. The fraction of sp³-hybridized carbons (Fsp3) is 0.0667. The van der Waals surface area contributed by atoms with E-state index in [4.69, 9.17) is 4.74 Å². The number of fused-ring (bicyclic) bond motifs is 2. The molecule has 0 bridgehead atoms. The fourth-order valence-electron chi connectivity index (χ4n) is 4.77. The van der Waals surface area contributed by atoms with Crippen LogP contribution in [-0.2, 0) is 11.0 Å². The van der Waals surface area contributed by atoms with Crippen LogP contribution >= 0.6 is 0 Å². The van der Waals surface area contributed by atoms with E-state index in [0.29, 0.717) is 34.1 Å². The highest BCUT2D eigenvalue weighted by Crippen LogP contribution is 2.37. The normalized spacial score (nSPS) is 13.8. The second kappa shape index (κ2) is 9.94. The van der Waals surface area contributed by atoms with Crippen molar-refractivity contribution in [2.45, 2.75) is 6.18 Å². The quantitative estimate of drug-likeness (QED) is 0.145. The second-order valence-electron chi connectivity index (χ2n) is 9.39. The number of halogens is 3. The molecular formula is C30H22F3N5O3. The van der Waals surface area contributed by atoms with Gasteiger partial charge in [0.05, 0.1) is 23.9 Å². The minimum atomic E-state index is -4.63. The van der Waals surface area contributed by atoms with Crippen LogP contribution in [0.4, 0.5) is 35.9 Å². The number of rotatable bonds is 6. The molecule has 0 saturated carbocycles. The van der Waals surface area contributed by atoms with Crippen molar-refractivity contribution in [2.75, 3.05) is 23.1 Å². The molecule has 5 aromatic rings. The number of amides is 2. The Bertz CT molecular complexity index is 1840. The van der Waals surface area contributed by atoms with Crippen molar-refractivity contribution < 1.29 is 27.5 Å². The van der Waals surface area contributed by atoms with Crippen molar-refractivity contribution in [1.82, 2.24) is 9.97 Å². The van der Waals surface area contributed by atoms with Crippen LogP contribution in [0.2, 0.25) is 0 Å². The van der Waals surface area contributed by atoms with Crippen LogP contribution in [0, 0.1) is 0 Å². The summed E-state index contributed by atoms with van der Waals surface area (Å²) in [5.41, 5.74) is 3.39. The lowest BCUT2D eigenvalue weighted by molar-refractivity contribution is -0.136. The Morgan fingerprint density at radius 1 is 0.927 bits per heavy atom. The average molecular weight is 558 g/mol. The van der Waals surface area contributed by atoms with Crippen molar-refractivity contribution in [2.24, 2.45) is 0 Å². The summed E-state index contributed by atoms with van der Waals surface area (Å²) in [7, 11) is 1.46. The van der Waals surface area contributed by atoms with E-state index < -0.39 is 17.6 Å². The second-order valence-corrected chi connectivity index (χ2v) is 9.39. The van der Waals surface area contributed by atoms with Gasteiger partial charge in [-0.2, -0.15) is 13.2 Å². The molecule has 0 unspecified atom stereocenters. The Hall–Kier alpha value is -5.45. The molecule has 0 spiro atoms. The minimum Gasteiger partial charge on any atom is -0.497 e. The van der Waals surface area contributed by atoms with Gasteiger partial charge in [-0.05, 0) is 54.6 Å². The number of aromatic nitrogens is 2. The molecule has 0 radical (unpaired) electrons. The van der Waals surface area contributed by atoms with Crippen LogP contribution in [-0.4, -0.2) is 28.9 Å². The third-order valence-corrected chi connectivity index (χ3v) is 6.65. The summed E-state index contributed by atoms with van der Waals surface area (Å²) in [6, 6.07) is 17.5. The zero-order valence-electron chi connectivity index (χ0n) is 21.4. The molecule has 1 aliphatic heterocycles. The number of nitrogens with one attached hydrogen (secondary N) is 5. The number of hydrogen-bond donors (Lipinski definition) is 5. The highest BCUT2D eigenvalue weighted by atomic mass is 19.4. The van der Waals surface area contributed by atoms with Gasteiger partial charge in [-0.15, -0.1) is 0 Å². The molecule has 8 nitrogen and oxygen atoms in total. The van der Waals surface area contributed by atoms with E-state index in [2.05, 4.69) is 25.9 Å². The monoisotopic (exact) mass is 557 g/mol. The van der Waals surface area contributed by atoms with E-state index >= 15 is 0 Å². The van der Waals surface area contributed by atoms with Gasteiger partial charge in [-0.3, -0.25) is 9.59 Å². The number of aromatic amines is 2. The predicted octanol–water partition coefficient (Wildman–Crippen LogP) is 7.01. The zero-order chi connectivity index (χ0) is 28.7. The van der Waals surface area contributed by atoms with Crippen molar-refractivity contribution in [3.8, 4) is 5.75 Å². The summed E-state index contributed by atoms with van der Waals surface area (Å²) in [6.07, 6.45) is 0.317. The number of hydrogen-bond acceptors (Lipinski definition) is 4. The smallest absolute Gasteiger partial charge is 0.417 e. The lowest BCUT2D eigenvalue weighted by Gasteiger charge is -2.14.